The van der Waals surface area contributed by atoms with Gasteiger partial charge in [0.05, 0.1) is 5.92 Å². The fourth-order valence-electron chi connectivity index (χ4n) is 1.66. The first-order valence-corrected chi connectivity index (χ1v) is 6.33. The molecule has 0 aliphatic heterocycles. The van der Waals surface area contributed by atoms with E-state index in [2.05, 4.69) is 6.92 Å². The molecule has 1 atom stereocenters. The highest BCUT2D eigenvalue weighted by Crippen LogP contribution is 2.36. The van der Waals surface area contributed by atoms with Gasteiger partial charge in [0.15, 0.2) is 0 Å². The average Bonchev–Trinajstić information content (AvgIpc) is 2.20. The molecule has 1 unspecified atom stereocenters. The molecular formula is C12H13Cl3NO. The number of nitrogens with two attached hydrogens (primary N) is 1. The van der Waals surface area contributed by atoms with E-state index in [-0.39, 0.29) is 0 Å². The smallest absolute Gasteiger partial charge is 0.225 e. The van der Waals surface area contributed by atoms with Gasteiger partial charge in [-0.05, 0) is 18.6 Å². The van der Waals surface area contributed by atoms with Gasteiger partial charge in [-0.2, -0.15) is 0 Å². The van der Waals surface area contributed by atoms with Gasteiger partial charge < -0.3 is 5.73 Å². The van der Waals surface area contributed by atoms with Crippen LogP contribution in [0.15, 0.2) is 12.1 Å². The fraction of sp³-hybridized carbons (Fsp3) is 0.333. The summed E-state index contributed by atoms with van der Waals surface area (Å²) in [6, 6.07) is 3.12. The van der Waals surface area contributed by atoms with Gasteiger partial charge in [0, 0.05) is 20.6 Å². The zero-order chi connectivity index (χ0) is 13.0. The molecule has 0 saturated carbocycles. The summed E-state index contributed by atoms with van der Waals surface area (Å²) in [5, 5.41) is 1.18. The fourth-order valence-corrected chi connectivity index (χ4v) is 2.74. The number of primary amides is 1. The predicted octanol–water partition coefficient (Wildman–Crippen LogP) is 4.22. The Kier molecular flexibility index (Phi) is 5.57. The van der Waals surface area contributed by atoms with Crippen LogP contribution >= 0.6 is 34.8 Å². The van der Waals surface area contributed by atoms with Gasteiger partial charge in [-0.15, -0.1) is 0 Å². The summed E-state index contributed by atoms with van der Waals surface area (Å²) in [5.74, 6) is -0.932. The number of halogens is 3. The molecule has 0 fully saturated rings. The van der Waals surface area contributed by atoms with Gasteiger partial charge in [-0.3, -0.25) is 4.79 Å². The van der Waals surface area contributed by atoms with Gasteiger partial charge in [0.2, 0.25) is 5.91 Å². The molecule has 0 heterocycles. The highest BCUT2D eigenvalue weighted by atomic mass is 35.5. The maximum absolute atomic E-state index is 11.4. The number of carbonyl (C=O) groups excluding carboxylic acids is 1. The molecule has 1 aromatic rings. The number of hydrogen-bond donors (Lipinski definition) is 1. The second-order valence-corrected chi connectivity index (χ2v) is 4.98. The minimum absolute atomic E-state index is 0.371. The van der Waals surface area contributed by atoms with Crippen molar-refractivity contribution >= 4 is 40.7 Å². The molecule has 0 saturated heterocycles. The zero-order valence-corrected chi connectivity index (χ0v) is 11.4. The van der Waals surface area contributed by atoms with Crippen molar-refractivity contribution in [1.82, 2.24) is 0 Å². The van der Waals surface area contributed by atoms with E-state index in [0.29, 0.717) is 27.1 Å². The normalized spacial score (nSPS) is 12.5. The Bertz CT molecular complexity index is 397. The Balaban J connectivity index is 3.14. The van der Waals surface area contributed by atoms with Gasteiger partial charge in [0.25, 0.3) is 0 Å². The molecule has 0 bridgehead atoms. The number of hydrogen-bond acceptors (Lipinski definition) is 1. The van der Waals surface area contributed by atoms with Crippen molar-refractivity contribution in [1.29, 1.82) is 0 Å². The topological polar surface area (TPSA) is 43.1 Å². The third-order valence-corrected chi connectivity index (χ3v) is 3.32. The number of amides is 1. The first-order valence-electron chi connectivity index (χ1n) is 5.20. The molecular weight excluding hydrogens is 280 g/mol. The molecule has 1 rings (SSSR count). The molecule has 93 valence electrons. The van der Waals surface area contributed by atoms with E-state index in [0.717, 1.165) is 12.8 Å². The lowest BCUT2D eigenvalue weighted by Gasteiger charge is -2.16. The Morgan fingerprint density at radius 2 is 1.82 bits per heavy atom. The summed E-state index contributed by atoms with van der Waals surface area (Å²) in [7, 11) is 0. The van der Waals surface area contributed by atoms with Crippen LogP contribution in [0.1, 0.15) is 30.7 Å². The summed E-state index contributed by atoms with van der Waals surface area (Å²) in [6.45, 7) is 3.73. The minimum Gasteiger partial charge on any atom is -0.369 e. The van der Waals surface area contributed by atoms with Crippen LogP contribution in [0.5, 0.6) is 0 Å². The molecule has 0 spiro atoms. The first kappa shape index (κ1) is 14.6. The summed E-state index contributed by atoms with van der Waals surface area (Å²) >= 11 is 17.9. The van der Waals surface area contributed by atoms with Crippen LogP contribution in [0, 0.1) is 6.92 Å². The SMILES string of the molecule is [CH2]CCCC(C(N)=O)c1c(Cl)cc(Cl)cc1Cl. The second kappa shape index (κ2) is 6.48. The lowest BCUT2D eigenvalue weighted by Crippen LogP contribution is -2.22. The summed E-state index contributed by atoms with van der Waals surface area (Å²) in [5.41, 5.74) is 5.93. The third-order valence-electron chi connectivity index (χ3n) is 2.48. The summed E-state index contributed by atoms with van der Waals surface area (Å²) in [6.07, 6.45) is 2.09. The maximum Gasteiger partial charge on any atom is 0.225 e. The molecule has 0 aliphatic carbocycles. The Labute approximate surface area is 116 Å². The molecule has 2 N–H and O–H groups in total. The van der Waals surface area contributed by atoms with Crippen LogP contribution in [0.3, 0.4) is 0 Å². The van der Waals surface area contributed by atoms with Gasteiger partial charge in [0.1, 0.15) is 0 Å². The number of unbranched alkanes of at least 4 members (excludes halogenated alkanes) is 1. The monoisotopic (exact) mass is 292 g/mol. The molecule has 1 amide bonds. The van der Waals surface area contributed by atoms with Gasteiger partial charge in [-0.25, -0.2) is 0 Å². The molecule has 1 aromatic carbocycles. The van der Waals surface area contributed by atoms with Crippen LogP contribution < -0.4 is 5.73 Å². The Morgan fingerprint density at radius 3 is 2.24 bits per heavy atom. The quantitative estimate of drug-likeness (QED) is 0.868. The number of carbonyl (C=O) groups is 1. The van der Waals surface area contributed by atoms with Crippen LogP contribution in [-0.4, -0.2) is 5.91 Å². The van der Waals surface area contributed by atoms with E-state index in [1.54, 1.807) is 12.1 Å². The minimum atomic E-state index is -0.492. The van der Waals surface area contributed by atoms with E-state index in [4.69, 9.17) is 40.5 Å². The molecule has 0 aromatic heterocycles. The molecule has 0 aliphatic rings. The van der Waals surface area contributed by atoms with Crippen molar-refractivity contribution in [3.8, 4) is 0 Å². The van der Waals surface area contributed by atoms with Gasteiger partial charge in [-0.1, -0.05) is 54.6 Å². The lowest BCUT2D eigenvalue weighted by atomic mass is 9.93. The molecule has 17 heavy (non-hydrogen) atoms. The van der Waals surface area contributed by atoms with Crippen molar-refractivity contribution in [2.24, 2.45) is 5.73 Å². The van der Waals surface area contributed by atoms with Crippen molar-refractivity contribution in [3.05, 3.63) is 39.7 Å². The van der Waals surface area contributed by atoms with E-state index in [1.165, 1.54) is 0 Å². The van der Waals surface area contributed by atoms with E-state index >= 15 is 0 Å². The number of rotatable bonds is 5. The summed E-state index contributed by atoms with van der Waals surface area (Å²) in [4.78, 5) is 11.4. The van der Waals surface area contributed by atoms with Gasteiger partial charge >= 0.3 is 0 Å². The standard InChI is InChI=1S/C12H13Cl3NO/c1-2-3-4-8(12(16)17)11-9(14)5-7(13)6-10(11)15/h5-6,8H,1-4H2,(H2,16,17). The first-order chi connectivity index (χ1) is 7.97. The Morgan fingerprint density at radius 1 is 1.29 bits per heavy atom. The van der Waals surface area contributed by atoms with Crippen LogP contribution in [0.2, 0.25) is 15.1 Å². The highest BCUT2D eigenvalue weighted by Gasteiger charge is 2.23. The van der Waals surface area contributed by atoms with Crippen molar-refractivity contribution in [2.75, 3.05) is 0 Å². The average molecular weight is 294 g/mol. The number of benzene rings is 1. The van der Waals surface area contributed by atoms with Crippen molar-refractivity contribution in [2.45, 2.75) is 25.2 Å². The zero-order valence-electron chi connectivity index (χ0n) is 9.18. The maximum atomic E-state index is 11.4. The van der Waals surface area contributed by atoms with E-state index in [9.17, 15) is 4.79 Å². The molecule has 5 heteroatoms. The Hall–Kier alpha value is -0.440. The highest BCUT2D eigenvalue weighted by molar-refractivity contribution is 6.39. The summed E-state index contributed by atoms with van der Waals surface area (Å²) < 4.78 is 0. The van der Waals surface area contributed by atoms with E-state index in [1.807, 2.05) is 0 Å². The lowest BCUT2D eigenvalue weighted by molar-refractivity contribution is -0.119. The van der Waals surface area contributed by atoms with E-state index < -0.39 is 11.8 Å². The largest absolute Gasteiger partial charge is 0.369 e. The molecule has 2 nitrogen and oxygen atoms in total. The van der Waals surface area contributed by atoms with Crippen LogP contribution in [0.25, 0.3) is 0 Å². The molecule has 1 radical (unpaired) electrons. The van der Waals surface area contributed by atoms with Crippen LogP contribution in [-0.2, 0) is 4.79 Å². The van der Waals surface area contributed by atoms with Crippen molar-refractivity contribution in [3.63, 3.8) is 0 Å². The second-order valence-electron chi connectivity index (χ2n) is 3.73. The predicted molar refractivity (Wildman–Crippen MR) is 72.6 cm³/mol. The third kappa shape index (κ3) is 3.77. The van der Waals surface area contributed by atoms with Crippen LogP contribution in [0.4, 0.5) is 0 Å². The van der Waals surface area contributed by atoms with Crippen molar-refractivity contribution < 1.29 is 4.79 Å².